The predicted octanol–water partition coefficient (Wildman–Crippen LogP) is 1.15. The van der Waals surface area contributed by atoms with E-state index in [1.165, 1.54) is 0 Å². The van der Waals surface area contributed by atoms with Crippen LogP contribution in [0.5, 0.6) is 0 Å². The summed E-state index contributed by atoms with van der Waals surface area (Å²) >= 11 is 0. The topological polar surface area (TPSA) is 107 Å². The molecule has 0 bridgehead atoms. The van der Waals surface area contributed by atoms with Crippen molar-refractivity contribution in [2.24, 2.45) is 28.1 Å². The number of hydrogen-bond donors (Lipinski definition) is 3. The standard InChI is InChI=1S/C13H28N4O/c1-3-6-10(7-4-2)12(18)11(14)8-5-9-17-13(15)16/h10-11H,3-9,14H2,1-2H3,(H4,15,16,17)/t11-/m1/s1. The Balaban J connectivity index is 4.09. The molecule has 0 aromatic carbocycles. The number of aliphatic imine (C=N–C) groups is 1. The molecule has 106 valence electrons. The lowest BCUT2D eigenvalue weighted by Crippen LogP contribution is -2.35. The lowest BCUT2D eigenvalue weighted by atomic mass is 9.88. The number of guanidine groups is 1. The molecule has 5 nitrogen and oxygen atoms in total. The summed E-state index contributed by atoms with van der Waals surface area (Å²) < 4.78 is 0. The van der Waals surface area contributed by atoms with Gasteiger partial charge in [-0.15, -0.1) is 0 Å². The average molecular weight is 256 g/mol. The summed E-state index contributed by atoms with van der Waals surface area (Å²) in [5.41, 5.74) is 16.4. The molecule has 0 aliphatic rings. The van der Waals surface area contributed by atoms with Gasteiger partial charge < -0.3 is 17.2 Å². The van der Waals surface area contributed by atoms with Crippen LogP contribution in [0.1, 0.15) is 52.4 Å². The molecule has 1 atom stereocenters. The zero-order valence-electron chi connectivity index (χ0n) is 11.7. The van der Waals surface area contributed by atoms with E-state index in [4.69, 9.17) is 17.2 Å². The van der Waals surface area contributed by atoms with Gasteiger partial charge >= 0.3 is 0 Å². The fraction of sp³-hybridized carbons (Fsp3) is 0.846. The van der Waals surface area contributed by atoms with E-state index in [1.54, 1.807) is 0 Å². The second-order valence-electron chi connectivity index (χ2n) is 4.73. The summed E-state index contributed by atoms with van der Waals surface area (Å²) in [7, 11) is 0. The third-order valence-corrected chi connectivity index (χ3v) is 3.01. The largest absolute Gasteiger partial charge is 0.370 e. The normalized spacial score (nSPS) is 12.4. The van der Waals surface area contributed by atoms with Crippen LogP contribution < -0.4 is 17.2 Å². The van der Waals surface area contributed by atoms with Gasteiger partial charge in [0.2, 0.25) is 0 Å². The summed E-state index contributed by atoms with van der Waals surface area (Å²) in [6.45, 7) is 4.73. The predicted molar refractivity (Wildman–Crippen MR) is 76.2 cm³/mol. The van der Waals surface area contributed by atoms with Crippen LogP contribution in [-0.4, -0.2) is 24.3 Å². The van der Waals surface area contributed by atoms with Crippen LogP contribution in [0.2, 0.25) is 0 Å². The summed E-state index contributed by atoms with van der Waals surface area (Å²) in [5.74, 6) is 0.409. The molecule has 0 rings (SSSR count). The molecular formula is C13H28N4O. The van der Waals surface area contributed by atoms with Gasteiger partial charge in [0.15, 0.2) is 11.7 Å². The quantitative estimate of drug-likeness (QED) is 0.309. The highest BCUT2D eigenvalue weighted by Gasteiger charge is 2.22. The van der Waals surface area contributed by atoms with E-state index in [9.17, 15) is 4.79 Å². The molecule has 0 fully saturated rings. The molecule has 0 aliphatic carbocycles. The van der Waals surface area contributed by atoms with Crippen molar-refractivity contribution in [1.82, 2.24) is 0 Å². The zero-order valence-corrected chi connectivity index (χ0v) is 11.7. The summed E-state index contributed by atoms with van der Waals surface area (Å²) in [6.07, 6.45) is 5.33. The number of carbonyl (C=O) groups excluding carboxylic acids is 1. The maximum atomic E-state index is 12.1. The van der Waals surface area contributed by atoms with Crippen molar-refractivity contribution in [3.63, 3.8) is 0 Å². The SMILES string of the molecule is CCCC(CCC)C(=O)[C@H](N)CCCN=C(N)N. The number of carbonyl (C=O) groups is 1. The summed E-state index contributed by atoms with van der Waals surface area (Å²) in [5, 5.41) is 0. The molecule has 0 saturated carbocycles. The van der Waals surface area contributed by atoms with Crippen molar-refractivity contribution in [2.75, 3.05) is 6.54 Å². The van der Waals surface area contributed by atoms with Gasteiger partial charge in [-0.25, -0.2) is 0 Å². The lowest BCUT2D eigenvalue weighted by Gasteiger charge is -2.18. The highest BCUT2D eigenvalue weighted by atomic mass is 16.1. The minimum absolute atomic E-state index is 0.0877. The Bertz CT molecular complexity index is 256. The molecule has 0 heterocycles. The van der Waals surface area contributed by atoms with Crippen LogP contribution in [0.4, 0.5) is 0 Å². The van der Waals surface area contributed by atoms with Crippen molar-refractivity contribution in [1.29, 1.82) is 0 Å². The highest BCUT2D eigenvalue weighted by molar-refractivity contribution is 5.86. The minimum Gasteiger partial charge on any atom is -0.370 e. The number of ketones is 1. The molecule has 0 spiro atoms. The number of rotatable bonds is 10. The number of nitrogens with two attached hydrogens (primary N) is 3. The van der Waals surface area contributed by atoms with Crippen molar-refractivity contribution in [2.45, 2.75) is 58.4 Å². The van der Waals surface area contributed by atoms with Crippen molar-refractivity contribution >= 4 is 11.7 Å². The van der Waals surface area contributed by atoms with E-state index in [1.807, 2.05) is 0 Å². The fourth-order valence-corrected chi connectivity index (χ4v) is 2.09. The molecule has 0 unspecified atom stereocenters. The Kier molecular flexibility index (Phi) is 9.28. The van der Waals surface area contributed by atoms with Crippen LogP contribution in [0, 0.1) is 5.92 Å². The van der Waals surface area contributed by atoms with E-state index >= 15 is 0 Å². The second-order valence-corrected chi connectivity index (χ2v) is 4.73. The van der Waals surface area contributed by atoms with Crippen LogP contribution >= 0.6 is 0 Å². The Morgan fingerprint density at radius 2 is 1.67 bits per heavy atom. The minimum atomic E-state index is -0.373. The van der Waals surface area contributed by atoms with Gasteiger partial charge in [-0.05, 0) is 25.7 Å². The van der Waals surface area contributed by atoms with Gasteiger partial charge in [-0.3, -0.25) is 9.79 Å². The Labute approximate surface area is 110 Å². The first kappa shape index (κ1) is 16.9. The number of nitrogens with zero attached hydrogens (tertiary/aromatic N) is 1. The van der Waals surface area contributed by atoms with Gasteiger partial charge in [0.05, 0.1) is 6.04 Å². The first-order valence-corrected chi connectivity index (χ1v) is 6.87. The van der Waals surface area contributed by atoms with E-state index in [-0.39, 0.29) is 23.7 Å². The van der Waals surface area contributed by atoms with Crippen LogP contribution in [0.25, 0.3) is 0 Å². The highest BCUT2D eigenvalue weighted by Crippen LogP contribution is 2.17. The first-order valence-electron chi connectivity index (χ1n) is 6.87. The lowest BCUT2D eigenvalue weighted by molar-refractivity contribution is -0.124. The molecule has 5 heteroatoms. The third kappa shape index (κ3) is 7.27. The van der Waals surface area contributed by atoms with Gasteiger partial charge in [0, 0.05) is 12.5 Å². The fourth-order valence-electron chi connectivity index (χ4n) is 2.09. The molecule has 6 N–H and O–H groups in total. The second kappa shape index (κ2) is 9.88. The molecular weight excluding hydrogens is 228 g/mol. The van der Waals surface area contributed by atoms with E-state index in [2.05, 4.69) is 18.8 Å². The molecule has 0 aliphatic heterocycles. The summed E-state index contributed by atoms with van der Waals surface area (Å²) in [4.78, 5) is 16.0. The Hall–Kier alpha value is -1.10. The number of hydrogen-bond acceptors (Lipinski definition) is 3. The molecule has 0 saturated heterocycles. The Morgan fingerprint density at radius 3 is 2.11 bits per heavy atom. The molecule has 0 aromatic heterocycles. The molecule has 0 radical (unpaired) electrons. The first-order chi connectivity index (χ1) is 8.52. The van der Waals surface area contributed by atoms with Crippen LogP contribution in [-0.2, 0) is 4.79 Å². The third-order valence-electron chi connectivity index (χ3n) is 3.01. The molecule has 0 aromatic rings. The smallest absolute Gasteiger partial charge is 0.185 e. The van der Waals surface area contributed by atoms with Gasteiger partial charge in [-0.1, -0.05) is 26.7 Å². The van der Waals surface area contributed by atoms with Gasteiger partial charge in [-0.2, -0.15) is 0 Å². The number of Topliss-reactive ketones (excluding diaryl/α,β-unsaturated/α-hetero) is 1. The van der Waals surface area contributed by atoms with Gasteiger partial charge in [0.1, 0.15) is 0 Å². The average Bonchev–Trinajstić information content (AvgIpc) is 2.33. The van der Waals surface area contributed by atoms with Crippen molar-refractivity contribution < 1.29 is 4.79 Å². The maximum absolute atomic E-state index is 12.1. The Morgan fingerprint density at radius 1 is 1.11 bits per heavy atom. The van der Waals surface area contributed by atoms with Gasteiger partial charge in [0.25, 0.3) is 0 Å². The maximum Gasteiger partial charge on any atom is 0.185 e. The molecule has 0 amide bonds. The monoisotopic (exact) mass is 256 g/mol. The van der Waals surface area contributed by atoms with E-state index < -0.39 is 0 Å². The zero-order chi connectivity index (χ0) is 14.0. The van der Waals surface area contributed by atoms with Crippen LogP contribution in [0.3, 0.4) is 0 Å². The van der Waals surface area contributed by atoms with Crippen molar-refractivity contribution in [3.8, 4) is 0 Å². The summed E-state index contributed by atoms with van der Waals surface area (Å²) in [6, 6.07) is -0.373. The van der Waals surface area contributed by atoms with Crippen molar-refractivity contribution in [3.05, 3.63) is 0 Å². The van der Waals surface area contributed by atoms with E-state index in [0.29, 0.717) is 13.0 Å². The molecule has 18 heavy (non-hydrogen) atoms. The van der Waals surface area contributed by atoms with E-state index in [0.717, 1.165) is 32.1 Å². The van der Waals surface area contributed by atoms with Crippen LogP contribution in [0.15, 0.2) is 4.99 Å².